The van der Waals surface area contributed by atoms with Gasteiger partial charge in [-0.05, 0) is 43.3 Å². The molecule has 37 heavy (non-hydrogen) atoms. The number of amides is 1. The number of anilines is 1. The average Bonchev–Trinajstić information content (AvgIpc) is 3.37. The van der Waals surface area contributed by atoms with Crippen LogP contribution in [0.5, 0.6) is 5.75 Å². The van der Waals surface area contributed by atoms with E-state index in [-0.39, 0.29) is 5.91 Å². The summed E-state index contributed by atoms with van der Waals surface area (Å²) in [5.74, 6) is 2.00. The standard InChI is InChI=1S/C28H25ClN6O2/c1-18-6-5-7-19(16-18)25-31-32-26-21-11-10-20(29)17-23(21)30-28(35(25)26)34-14-12-33(13-15-34)27(36)22-8-3-4-9-24(22)37-2/h3-11,16-17H,12-15H2,1-2H3. The molecule has 0 atom stereocenters. The molecule has 0 bridgehead atoms. The van der Waals surface area contributed by atoms with Gasteiger partial charge in [0.2, 0.25) is 5.95 Å². The number of para-hydroxylation sites is 1. The number of hydrogen-bond donors (Lipinski definition) is 0. The SMILES string of the molecule is COc1ccccc1C(=O)N1CCN(c2nc3cc(Cl)ccc3c3nnc(-c4cccc(C)c4)n23)CC1. The number of methoxy groups -OCH3 is 1. The van der Waals surface area contributed by atoms with Crippen LogP contribution in [0.15, 0.2) is 66.7 Å². The van der Waals surface area contributed by atoms with Crippen LogP contribution in [0.3, 0.4) is 0 Å². The number of aromatic nitrogens is 4. The van der Waals surface area contributed by atoms with Gasteiger partial charge in [0.05, 0.1) is 18.2 Å². The number of carbonyl (C=O) groups excluding carboxylic acids is 1. The number of nitrogens with zero attached hydrogens (tertiary/aromatic N) is 6. The Bertz CT molecular complexity index is 1640. The lowest BCUT2D eigenvalue weighted by Crippen LogP contribution is -2.49. The fourth-order valence-electron chi connectivity index (χ4n) is 4.88. The number of piperazine rings is 1. The predicted octanol–water partition coefficient (Wildman–Crippen LogP) is 4.88. The second-order valence-electron chi connectivity index (χ2n) is 9.10. The molecule has 0 aliphatic carbocycles. The fourth-order valence-corrected chi connectivity index (χ4v) is 5.04. The maximum absolute atomic E-state index is 13.2. The van der Waals surface area contributed by atoms with E-state index in [1.165, 1.54) is 0 Å². The molecule has 5 aromatic rings. The zero-order chi connectivity index (χ0) is 25.5. The van der Waals surface area contributed by atoms with Crippen LogP contribution >= 0.6 is 11.6 Å². The summed E-state index contributed by atoms with van der Waals surface area (Å²) in [7, 11) is 1.58. The minimum Gasteiger partial charge on any atom is -0.496 e. The molecule has 8 nitrogen and oxygen atoms in total. The molecule has 186 valence electrons. The molecule has 3 aromatic carbocycles. The second kappa shape index (κ2) is 9.37. The lowest BCUT2D eigenvalue weighted by Gasteiger charge is -2.35. The normalized spacial score (nSPS) is 13.9. The van der Waals surface area contributed by atoms with Crippen molar-refractivity contribution in [3.05, 3.63) is 82.9 Å². The molecule has 1 aliphatic heterocycles. The highest BCUT2D eigenvalue weighted by atomic mass is 35.5. The molecule has 6 rings (SSSR count). The lowest BCUT2D eigenvalue weighted by molar-refractivity contribution is 0.0743. The molecule has 0 spiro atoms. The maximum Gasteiger partial charge on any atom is 0.257 e. The highest BCUT2D eigenvalue weighted by molar-refractivity contribution is 6.31. The van der Waals surface area contributed by atoms with Gasteiger partial charge in [-0.2, -0.15) is 0 Å². The third-order valence-corrected chi connectivity index (χ3v) is 6.98. The van der Waals surface area contributed by atoms with E-state index in [1.807, 2.05) is 57.8 Å². The van der Waals surface area contributed by atoms with E-state index in [2.05, 4.69) is 34.2 Å². The zero-order valence-corrected chi connectivity index (χ0v) is 21.3. The molecular weight excluding hydrogens is 488 g/mol. The number of hydrogen-bond acceptors (Lipinski definition) is 6. The van der Waals surface area contributed by atoms with Gasteiger partial charge in [-0.1, -0.05) is 47.5 Å². The maximum atomic E-state index is 13.2. The van der Waals surface area contributed by atoms with Crippen LogP contribution in [0.25, 0.3) is 27.9 Å². The van der Waals surface area contributed by atoms with Crippen LogP contribution in [-0.4, -0.2) is 63.7 Å². The van der Waals surface area contributed by atoms with Crippen LogP contribution in [0.2, 0.25) is 5.02 Å². The molecule has 1 fully saturated rings. The van der Waals surface area contributed by atoms with E-state index in [0.29, 0.717) is 42.5 Å². The van der Waals surface area contributed by atoms with Crippen molar-refractivity contribution in [2.45, 2.75) is 6.92 Å². The minimum atomic E-state index is -0.0368. The lowest BCUT2D eigenvalue weighted by atomic mass is 10.1. The number of ether oxygens (including phenoxy) is 1. The highest BCUT2D eigenvalue weighted by Crippen LogP contribution is 2.31. The monoisotopic (exact) mass is 512 g/mol. The highest BCUT2D eigenvalue weighted by Gasteiger charge is 2.27. The van der Waals surface area contributed by atoms with Gasteiger partial charge >= 0.3 is 0 Å². The third kappa shape index (κ3) is 4.13. The molecule has 0 saturated carbocycles. The summed E-state index contributed by atoms with van der Waals surface area (Å²) >= 11 is 6.31. The van der Waals surface area contributed by atoms with E-state index in [0.717, 1.165) is 39.4 Å². The van der Waals surface area contributed by atoms with Crippen LogP contribution in [0.4, 0.5) is 5.95 Å². The molecule has 1 saturated heterocycles. The molecule has 1 amide bonds. The Morgan fingerprint density at radius 2 is 1.76 bits per heavy atom. The Kier molecular flexibility index (Phi) is 5.88. The summed E-state index contributed by atoms with van der Waals surface area (Å²) in [4.78, 5) is 22.3. The van der Waals surface area contributed by atoms with Gasteiger partial charge in [-0.25, -0.2) is 9.38 Å². The Morgan fingerprint density at radius 3 is 2.54 bits per heavy atom. The molecule has 2 aromatic heterocycles. The third-order valence-electron chi connectivity index (χ3n) is 6.75. The predicted molar refractivity (Wildman–Crippen MR) is 145 cm³/mol. The van der Waals surface area contributed by atoms with Crippen molar-refractivity contribution in [3.8, 4) is 17.1 Å². The molecule has 9 heteroatoms. The molecular formula is C28H25ClN6O2. The van der Waals surface area contributed by atoms with Crippen molar-refractivity contribution in [2.75, 3.05) is 38.2 Å². The Balaban J connectivity index is 1.39. The van der Waals surface area contributed by atoms with E-state index < -0.39 is 0 Å². The summed E-state index contributed by atoms with van der Waals surface area (Å²) in [6.07, 6.45) is 0. The van der Waals surface area contributed by atoms with Crippen LogP contribution < -0.4 is 9.64 Å². The number of carbonyl (C=O) groups is 1. The van der Waals surface area contributed by atoms with Gasteiger partial charge in [0.15, 0.2) is 11.5 Å². The van der Waals surface area contributed by atoms with Gasteiger partial charge in [-0.15, -0.1) is 10.2 Å². The van der Waals surface area contributed by atoms with Crippen molar-refractivity contribution in [3.63, 3.8) is 0 Å². The first-order chi connectivity index (χ1) is 18.0. The van der Waals surface area contributed by atoms with Crippen LogP contribution in [0.1, 0.15) is 15.9 Å². The number of halogens is 1. The number of benzene rings is 3. The number of fused-ring (bicyclic) bond motifs is 3. The molecule has 1 aliphatic rings. The first-order valence-corrected chi connectivity index (χ1v) is 12.5. The molecule has 0 unspecified atom stereocenters. The first-order valence-electron chi connectivity index (χ1n) is 12.1. The van der Waals surface area contributed by atoms with E-state index >= 15 is 0 Å². The van der Waals surface area contributed by atoms with Crippen molar-refractivity contribution >= 4 is 40.0 Å². The summed E-state index contributed by atoms with van der Waals surface area (Å²) < 4.78 is 7.42. The van der Waals surface area contributed by atoms with Crippen molar-refractivity contribution in [1.29, 1.82) is 0 Å². The second-order valence-corrected chi connectivity index (χ2v) is 9.54. The Labute approximate surface area is 219 Å². The van der Waals surface area contributed by atoms with Gasteiger partial charge in [-0.3, -0.25) is 4.79 Å². The Hall–Kier alpha value is -4.17. The summed E-state index contributed by atoms with van der Waals surface area (Å²) in [6, 6.07) is 21.1. The largest absolute Gasteiger partial charge is 0.496 e. The number of rotatable bonds is 4. The van der Waals surface area contributed by atoms with Gasteiger partial charge in [0.1, 0.15) is 5.75 Å². The van der Waals surface area contributed by atoms with Crippen molar-refractivity contribution < 1.29 is 9.53 Å². The molecule has 0 N–H and O–H groups in total. The molecule has 0 radical (unpaired) electrons. The fraction of sp³-hybridized carbons (Fsp3) is 0.214. The Morgan fingerprint density at radius 1 is 0.946 bits per heavy atom. The zero-order valence-electron chi connectivity index (χ0n) is 20.6. The summed E-state index contributed by atoms with van der Waals surface area (Å²) in [5, 5.41) is 10.6. The van der Waals surface area contributed by atoms with Gasteiger partial charge in [0.25, 0.3) is 5.91 Å². The van der Waals surface area contributed by atoms with Crippen molar-refractivity contribution in [1.82, 2.24) is 24.5 Å². The van der Waals surface area contributed by atoms with Gasteiger partial charge < -0.3 is 14.5 Å². The van der Waals surface area contributed by atoms with Gasteiger partial charge in [0, 0.05) is 42.2 Å². The number of aryl methyl sites for hydroxylation is 1. The van der Waals surface area contributed by atoms with Crippen LogP contribution in [-0.2, 0) is 0 Å². The van der Waals surface area contributed by atoms with E-state index in [1.54, 1.807) is 13.2 Å². The topological polar surface area (TPSA) is 75.9 Å². The van der Waals surface area contributed by atoms with E-state index in [9.17, 15) is 4.79 Å². The van der Waals surface area contributed by atoms with Crippen LogP contribution in [0, 0.1) is 6.92 Å². The minimum absolute atomic E-state index is 0.0368. The molecule has 3 heterocycles. The summed E-state index contributed by atoms with van der Waals surface area (Å²) in [5.41, 5.74) is 4.15. The summed E-state index contributed by atoms with van der Waals surface area (Å²) in [6.45, 7) is 4.38. The van der Waals surface area contributed by atoms with Crippen molar-refractivity contribution in [2.24, 2.45) is 0 Å². The average molecular weight is 513 g/mol. The first kappa shape index (κ1) is 23.2. The smallest absolute Gasteiger partial charge is 0.257 e. The van der Waals surface area contributed by atoms with E-state index in [4.69, 9.17) is 21.3 Å². The quantitative estimate of drug-likeness (QED) is 0.342.